The highest BCUT2D eigenvalue weighted by molar-refractivity contribution is 9.10. The van der Waals surface area contributed by atoms with Gasteiger partial charge in [0.25, 0.3) is 5.91 Å². The van der Waals surface area contributed by atoms with Crippen molar-refractivity contribution in [1.82, 2.24) is 5.32 Å². The van der Waals surface area contributed by atoms with E-state index in [1.54, 1.807) is 6.07 Å². The molecule has 2 nitrogen and oxygen atoms in total. The van der Waals surface area contributed by atoms with Crippen LogP contribution in [0.3, 0.4) is 0 Å². The molecule has 1 unspecified atom stereocenters. The molecule has 110 valence electrons. The third-order valence-electron chi connectivity index (χ3n) is 3.02. The highest BCUT2D eigenvalue weighted by atomic mass is 79.9. The Balaban J connectivity index is 2.06. The fourth-order valence-electron chi connectivity index (χ4n) is 1.98. The fourth-order valence-corrected chi connectivity index (χ4v) is 2.50. The summed E-state index contributed by atoms with van der Waals surface area (Å²) >= 11 is 9.06. The SMILES string of the molecule is O=C(NC(CCl)Cc1ccccc1)c1ccc(Br)cc1F. The van der Waals surface area contributed by atoms with E-state index in [9.17, 15) is 9.18 Å². The van der Waals surface area contributed by atoms with Crippen LogP contribution in [-0.4, -0.2) is 17.8 Å². The lowest BCUT2D eigenvalue weighted by molar-refractivity contribution is 0.0936. The maximum Gasteiger partial charge on any atom is 0.254 e. The van der Waals surface area contributed by atoms with Crippen LogP contribution in [0.5, 0.6) is 0 Å². The summed E-state index contributed by atoms with van der Waals surface area (Å²) in [6.45, 7) is 0. The second-order valence-corrected chi connectivity index (χ2v) is 5.86. The first-order chi connectivity index (χ1) is 10.1. The molecule has 0 aliphatic heterocycles. The Morgan fingerprint density at radius 2 is 1.95 bits per heavy atom. The lowest BCUT2D eigenvalue weighted by atomic mass is 10.1. The number of nitrogens with one attached hydrogen (secondary N) is 1. The standard InChI is InChI=1S/C16H14BrClFNO/c17-12-6-7-14(15(19)9-12)16(21)20-13(10-18)8-11-4-2-1-3-5-11/h1-7,9,13H,8,10H2,(H,20,21). The molecule has 0 saturated heterocycles. The molecular weight excluding hydrogens is 357 g/mol. The number of rotatable bonds is 5. The Morgan fingerprint density at radius 1 is 1.24 bits per heavy atom. The zero-order valence-electron chi connectivity index (χ0n) is 11.2. The van der Waals surface area contributed by atoms with Crippen LogP contribution in [0.2, 0.25) is 0 Å². The Morgan fingerprint density at radius 3 is 2.57 bits per heavy atom. The highest BCUT2D eigenvalue weighted by Crippen LogP contribution is 2.15. The van der Waals surface area contributed by atoms with Crippen LogP contribution < -0.4 is 5.32 Å². The minimum absolute atomic E-state index is 0.0152. The number of hydrogen-bond acceptors (Lipinski definition) is 1. The van der Waals surface area contributed by atoms with E-state index in [4.69, 9.17) is 11.6 Å². The molecule has 2 aromatic carbocycles. The summed E-state index contributed by atoms with van der Waals surface area (Å²) in [7, 11) is 0. The van der Waals surface area contributed by atoms with Gasteiger partial charge in [0.1, 0.15) is 5.82 Å². The van der Waals surface area contributed by atoms with E-state index in [1.165, 1.54) is 12.1 Å². The van der Waals surface area contributed by atoms with Crippen molar-refractivity contribution in [2.75, 3.05) is 5.88 Å². The van der Waals surface area contributed by atoms with Crippen LogP contribution in [0.4, 0.5) is 4.39 Å². The van der Waals surface area contributed by atoms with Crippen LogP contribution in [0.25, 0.3) is 0 Å². The summed E-state index contributed by atoms with van der Waals surface area (Å²) in [4.78, 5) is 12.1. The summed E-state index contributed by atoms with van der Waals surface area (Å²) in [5.74, 6) is -0.754. The van der Waals surface area contributed by atoms with Crippen LogP contribution >= 0.6 is 27.5 Å². The van der Waals surface area contributed by atoms with Crippen molar-refractivity contribution in [3.8, 4) is 0 Å². The van der Waals surface area contributed by atoms with Crippen molar-refractivity contribution in [3.63, 3.8) is 0 Å². The van der Waals surface area contributed by atoms with E-state index >= 15 is 0 Å². The van der Waals surface area contributed by atoms with Crippen molar-refractivity contribution in [3.05, 3.63) is 69.9 Å². The van der Waals surface area contributed by atoms with Crippen LogP contribution in [0.15, 0.2) is 53.0 Å². The maximum absolute atomic E-state index is 13.8. The Kier molecular flexibility index (Phi) is 5.76. The number of carbonyl (C=O) groups excluding carboxylic acids is 1. The first-order valence-electron chi connectivity index (χ1n) is 6.46. The van der Waals surface area contributed by atoms with Crippen molar-refractivity contribution in [2.24, 2.45) is 0 Å². The van der Waals surface area contributed by atoms with E-state index < -0.39 is 11.7 Å². The number of carbonyl (C=O) groups is 1. The Hall–Kier alpha value is -1.39. The summed E-state index contributed by atoms with van der Waals surface area (Å²) in [6.07, 6.45) is 0.605. The van der Waals surface area contributed by atoms with Gasteiger partial charge in [-0.25, -0.2) is 4.39 Å². The van der Waals surface area contributed by atoms with Crippen molar-refractivity contribution >= 4 is 33.4 Å². The fraction of sp³-hybridized carbons (Fsp3) is 0.188. The first kappa shape index (κ1) is 16.0. The molecule has 2 aromatic rings. The largest absolute Gasteiger partial charge is 0.348 e. The number of hydrogen-bond donors (Lipinski definition) is 1. The van der Waals surface area contributed by atoms with E-state index in [0.717, 1.165) is 5.56 Å². The van der Waals surface area contributed by atoms with Gasteiger partial charge in [-0.1, -0.05) is 46.3 Å². The average molecular weight is 371 g/mol. The van der Waals surface area contributed by atoms with Gasteiger partial charge in [0.2, 0.25) is 0 Å². The van der Waals surface area contributed by atoms with Gasteiger partial charge in [0.15, 0.2) is 0 Å². The monoisotopic (exact) mass is 369 g/mol. The smallest absolute Gasteiger partial charge is 0.254 e. The third-order valence-corrected chi connectivity index (χ3v) is 3.89. The Bertz CT molecular complexity index is 621. The summed E-state index contributed by atoms with van der Waals surface area (Å²) in [5, 5.41) is 2.77. The highest BCUT2D eigenvalue weighted by Gasteiger charge is 2.16. The second-order valence-electron chi connectivity index (χ2n) is 4.64. The normalized spacial score (nSPS) is 12.0. The van der Waals surface area contributed by atoms with Gasteiger partial charge in [-0.15, -0.1) is 11.6 Å². The molecule has 0 fully saturated rings. The molecule has 0 radical (unpaired) electrons. The zero-order chi connectivity index (χ0) is 15.2. The van der Waals surface area contributed by atoms with Gasteiger partial charge in [-0.3, -0.25) is 4.79 Å². The topological polar surface area (TPSA) is 29.1 Å². The predicted octanol–water partition coefficient (Wildman–Crippen LogP) is 4.17. The van der Waals surface area contributed by atoms with Crippen LogP contribution in [-0.2, 0) is 6.42 Å². The molecule has 0 aliphatic rings. The molecule has 21 heavy (non-hydrogen) atoms. The molecule has 1 atom stereocenters. The molecule has 5 heteroatoms. The molecular formula is C16H14BrClFNO. The third kappa shape index (κ3) is 4.55. The molecule has 0 saturated carbocycles. The summed E-state index contributed by atoms with van der Waals surface area (Å²) in [5.41, 5.74) is 1.08. The minimum atomic E-state index is -0.560. The van der Waals surface area contributed by atoms with Crippen LogP contribution in [0.1, 0.15) is 15.9 Å². The van der Waals surface area contributed by atoms with E-state index in [2.05, 4.69) is 21.2 Å². The van der Waals surface area contributed by atoms with Gasteiger partial charge in [-0.05, 0) is 30.2 Å². The molecule has 1 N–H and O–H groups in total. The summed E-state index contributed by atoms with van der Waals surface area (Å²) in [6, 6.07) is 13.8. The van der Waals surface area contributed by atoms with Crippen molar-refractivity contribution in [1.29, 1.82) is 0 Å². The molecule has 0 spiro atoms. The maximum atomic E-state index is 13.8. The van der Waals surface area contributed by atoms with Gasteiger partial charge in [-0.2, -0.15) is 0 Å². The average Bonchev–Trinajstić information content (AvgIpc) is 2.47. The number of amides is 1. The number of halogens is 3. The van der Waals surface area contributed by atoms with Crippen molar-refractivity contribution < 1.29 is 9.18 Å². The van der Waals surface area contributed by atoms with Gasteiger partial charge in [0, 0.05) is 16.4 Å². The molecule has 0 aromatic heterocycles. The quantitative estimate of drug-likeness (QED) is 0.787. The van der Waals surface area contributed by atoms with E-state index in [0.29, 0.717) is 10.9 Å². The van der Waals surface area contributed by atoms with Gasteiger partial charge >= 0.3 is 0 Å². The molecule has 0 heterocycles. The Labute approximate surface area is 136 Å². The van der Waals surface area contributed by atoms with E-state index in [1.807, 2.05) is 30.3 Å². The van der Waals surface area contributed by atoms with Crippen molar-refractivity contribution in [2.45, 2.75) is 12.5 Å². The lowest BCUT2D eigenvalue weighted by Crippen LogP contribution is -2.38. The lowest BCUT2D eigenvalue weighted by Gasteiger charge is -2.16. The first-order valence-corrected chi connectivity index (χ1v) is 7.78. The second kappa shape index (κ2) is 7.57. The molecule has 2 rings (SSSR count). The summed E-state index contributed by atoms with van der Waals surface area (Å²) < 4.78 is 14.4. The predicted molar refractivity (Wildman–Crippen MR) is 86.2 cm³/mol. The number of benzene rings is 2. The zero-order valence-corrected chi connectivity index (χ0v) is 13.5. The number of alkyl halides is 1. The van der Waals surface area contributed by atoms with E-state index in [-0.39, 0.29) is 17.5 Å². The van der Waals surface area contributed by atoms with Gasteiger partial charge < -0.3 is 5.32 Å². The molecule has 1 amide bonds. The van der Waals surface area contributed by atoms with Gasteiger partial charge in [0.05, 0.1) is 5.56 Å². The molecule has 0 bridgehead atoms. The van der Waals surface area contributed by atoms with Crippen LogP contribution in [0, 0.1) is 5.82 Å². The minimum Gasteiger partial charge on any atom is -0.348 e. The molecule has 0 aliphatic carbocycles.